The molecule has 0 saturated heterocycles. The maximum Gasteiger partial charge on any atom is 0.238 e. The fourth-order valence-electron chi connectivity index (χ4n) is 1.48. The van der Waals surface area contributed by atoms with Gasteiger partial charge in [-0.25, -0.2) is 4.98 Å². The SMILES string of the molecule is N#Cc1ccnc(OCCOc2ccccc2)c1N. The highest BCUT2D eigenvalue weighted by atomic mass is 16.5. The summed E-state index contributed by atoms with van der Waals surface area (Å²) in [7, 11) is 0. The van der Waals surface area contributed by atoms with Gasteiger partial charge in [-0.1, -0.05) is 18.2 Å². The van der Waals surface area contributed by atoms with Crippen molar-refractivity contribution in [1.82, 2.24) is 4.98 Å². The summed E-state index contributed by atoms with van der Waals surface area (Å²) in [6, 6.07) is 13.0. The molecule has 0 aliphatic carbocycles. The molecule has 1 aromatic carbocycles. The number of nitrogen functional groups attached to an aromatic ring is 1. The van der Waals surface area contributed by atoms with Crippen LogP contribution < -0.4 is 15.2 Å². The Hall–Kier alpha value is -2.74. The molecule has 0 atom stereocenters. The van der Waals surface area contributed by atoms with Crippen molar-refractivity contribution in [2.45, 2.75) is 0 Å². The minimum Gasteiger partial charge on any atom is -0.490 e. The molecule has 96 valence electrons. The first kappa shape index (κ1) is 12.7. The molecule has 0 radical (unpaired) electrons. The predicted octanol–water partition coefficient (Wildman–Crippen LogP) is 1.99. The number of pyridine rings is 1. The summed E-state index contributed by atoms with van der Waals surface area (Å²) in [5.41, 5.74) is 6.35. The van der Waals surface area contributed by atoms with Gasteiger partial charge in [0.2, 0.25) is 5.88 Å². The molecule has 2 rings (SSSR count). The molecule has 19 heavy (non-hydrogen) atoms. The summed E-state index contributed by atoms with van der Waals surface area (Å²) in [6.45, 7) is 0.683. The van der Waals surface area contributed by atoms with E-state index in [-0.39, 0.29) is 11.6 Å². The van der Waals surface area contributed by atoms with Crippen molar-refractivity contribution < 1.29 is 9.47 Å². The smallest absolute Gasteiger partial charge is 0.238 e. The van der Waals surface area contributed by atoms with Crippen LogP contribution in [0.25, 0.3) is 0 Å². The Kier molecular flexibility index (Phi) is 4.19. The van der Waals surface area contributed by atoms with Gasteiger partial charge in [0.15, 0.2) is 0 Å². The van der Waals surface area contributed by atoms with Crippen LogP contribution >= 0.6 is 0 Å². The van der Waals surface area contributed by atoms with E-state index in [1.54, 1.807) is 6.07 Å². The molecular formula is C14H13N3O2. The molecule has 1 heterocycles. The Morgan fingerprint density at radius 2 is 1.84 bits per heavy atom. The van der Waals surface area contributed by atoms with Gasteiger partial charge in [-0.05, 0) is 18.2 Å². The lowest BCUT2D eigenvalue weighted by Gasteiger charge is -2.09. The van der Waals surface area contributed by atoms with Gasteiger partial charge in [0.25, 0.3) is 0 Å². The Morgan fingerprint density at radius 3 is 2.58 bits per heavy atom. The van der Waals surface area contributed by atoms with E-state index in [1.807, 2.05) is 36.4 Å². The molecule has 2 aromatic rings. The van der Waals surface area contributed by atoms with Gasteiger partial charge in [-0.15, -0.1) is 0 Å². The minimum atomic E-state index is 0.254. The molecule has 1 aromatic heterocycles. The van der Waals surface area contributed by atoms with E-state index < -0.39 is 0 Å². The second kappa shape index (κ2) is 6.26. The van der Waals surface area contributed by atoms with Crippen LogP contribution in [0.5, 0.6) is 11.6 Å². The van der Waals surface area contributed by atoms with Gasteiger partial charge >= 0.3 is 0 Å². The number of aromatic nitrogens is 1. The third kappa shape index (κ3) is 3.36. The molecule has 2 N–H and O–H groups in total. The lowest BCUT2D eigenvalue weighted by Crippen LogP contribution is -2.11. The van der Waals surface area contributed by atoms with Crippen LogP contribution in [0.2, 0.25) is 0 Å². The maximum atomic E-state index is 8.83. The van der Waals surface area contributed by atoms with Gasteiger partial charge < -0.3 is 15.2 Å². The van der Waals surface area contributed by atoms with Crippen molar-refractivity contribution in [3.63, 3.8) is 0 Å². The zero-order valence-electron chi connectivity index (χ0n) is 10.2. The lowest BCUT2D eigenvalue weighted by molar-refractivity contribution is 0.213. The number of nitriles is 1. The number of benzene rings is 1. The van der Waals surface area contributed by atoms with Crippen LogP contribution in [-0.2, 0) is 0 Å². The van der Waals surface area contributed by atoms with E-state index in [2.05, 4.69) is 4.98 Å². The van der Waals surface area contributed by atoms with Crippen LogP contribution in [0, 0.1) is 11.3 Å². The predicted molar refractivity (Wildman–Crippen MR) is 70.8 cm³/mol. The number of anilines is 1. The van der Waals surface area contributed by atoms with Gasteiger partial charge in [0.1, 0.15) is 30.7 Å². The normalized spacial score (nSPS) is 9.63. The van der Waals surface area contributed by atoms with E-state index in [4.69, 9.17) is 20.5 Å². The fourth-order valence-corrected chi connectivity index (χ4v) is 1.48. The number of nitrogens with two attached hydrogens (primary N) is 1. The minimum absolute atomic E-state index is 0.254. The quantitative estimate of drug-likeness (QED) is 0.826. The third-order valence-electron chi connectivity index (χ3n) is 2.41. The molecule has 0 bridgehead atoms. The van der Waals surface area contributed by atoms with Crippen molar-refractivity contribution in [3.05, 3.63) is 48.2 Å². The highest BCUT2D eigenvalue weighted by Gasteiger charge is 2.06. The van der Waals surface area contributed by atoms with Gasteiger partial charge in [-0.2, -0.15) is 5.26 Å². The van der Waals surface area contributed by atoms with Crippen molar-refractivity contribution in [2.24, 2.45) is 0 Å². The van der Waals surface area contributed by atoms with Crippen LogP contribution in [0.1, 0.15) is 5.56 Å². The highest BCUT2D eigenvalue weighted by Crippen LogP contribution is 2.21. The second-order valence-electron chi connectivity index (χ2n) is 3.70. The molecule has 5 nitrogen and oxygen atoms in total. The summed E-state index contributed by atoms with van der Waals surface area (Å²) >= 11 is 0. The molecule has 0 amide bonds. The van der Waals surface area contributed by atoms with Crippen LogP contribution in [0.3, 0.4) is 0 Å². The standard InChI is InChI=1S/C14H13N3O2/c15-10-11-6-7-17-14(13(11)16)19-9-8-18-12-4-2-1-3-5-12/h1-7H,8-9,16H2. The summed E-state index contributed by atoms with van der Waals surface area (Å²) in [6.07, 6.45) is 1.49. The van der Waals surface area contributed by atoms with E-state index in [1.165, 1.54) is 6.20 Å². The first-order valence-corrected chi connectivity index (χ1v) is 5.76. The first-order chi connectivity index (χ1) is 9.31. The summed E-state index contributed by atoms with van der Waals surface area (Å²) in [5, 5.41) is 8.83. The van der Waals surface area contributed by atoms with Gasteiger partial charge in [0.05, 0.1) is 5.56 Å². The first-order valence-electron chi connectivity index (χ1n) is 5.76. The van der Waals surface area contributed by atoms with Crippen molar-refractivity contribution >= 4 is 5.69 Å². The van der Waals surface area contributed by atoms with Crippen LogP contribution in [-0.4, -0.2) is 18.2 Å². The van der Waals surface area contributed by atoms with Gasteiger partial charge in [0, 0.05) is 6.20 Å². The number of hydrogen-bond acceptors (Lipinski definition) is 5. The molecule has 0 saturated carbocycles. The molecule has 0 aliphatic heterocycles. The summed E-state index contributed by atoms with van der Waals surface area (Å²) < 4.78 is 10.9. The van der Waals surface area contributed by atoms with E-state index in [0.29, 0.717) is 18.8 Å². The average Bonchev–Trinajstić information content (AvgIpc) is 2.46. The zero-order valence-corrected chi connectivity index (χ0v) is 10.2. The molecule has 0 fully saturated rings. The fraction of sp³-hybridized carbons (Fsp3) is 0.143. The average molecular weight is 255 g/mol. The number of nitrogens with zero attached hydrogens (tertiary/aromatic N) is 2. The molecule has 0 aliphatic rings. The maximum absolute atomic E-state index is 8.83. The molecule has 5 heteroatoms. The number of hydrogen-bond donors (Lipinski definition) is 1. The van der Waals surface area contributed by atoms with E-state index in [0.717, 1.165) is 5.75 Å². The monoisotopic (exact) mass is 255 g/mol. The Morgan fingerprint density at radius 1 is 1.11 bits per heavy atom. The zero-order chi connectivity index (χ0) is 13.5. The Bertz CT molecular complexity index is 579. The van der Waals surface area contributed by atoms with E-state index >= 15 is 0 Å². The number of para-hydroxylation sites is 1. The summed E-state index contributed by atoms with van der Waals surface area (Å²) in [4.78, 5) is 3.98. The lowest BCUT2D eigenvalue weighted by atomic mass is 10.2. The molecular weight excluding hydrogens is 242 g/mol. The second-order valence-corrected chi connectivity index (χ2v) is 3.70. The third-order valence-corrected chi connectivity index (χ3v) is 2.41. The van der Waals surface area contributed by atoms with E-state index in [9.17, 15) is 0 Å². The van der Waals surface area contributed by atoms with Crippen LogP contribution in [0.15, 0.2) is 42.6 Å². The Labute approximate surface area is 111 Å². The topological polar surface area (TPSA) is 81.2 Å². The highest BCUT2D eigenvalue weighted by molar-refractivity contribution is 5.59. The molecule has 0 unspecified atom stereocenters. The van der Waals surface area contributed by atoms with Crippen molar-refractivity contribution in [3.8, 4) is 17.7 Å². The largest absolute Gasteiger partial charge is 0.490 e. The van der Waals surface area contributed by atoms with Crippen molar-refractivity contribution in [2.75, 3.05) is 18.9 Å². The molecule has 0 spiro atoms. The number of ether oxygens (including phenoxy) is 2. The summed E-state index contributed by atoms with van der Waals surface area (Å²) in [5.74, 6) is 1.04. The van der Waals surface area contributed by atoms with Gasteiger partial charge in [-0.3, -0.25) is 0 Å². The van der Waals surface area contributed by atoms with Crippen molar-refractivity contribution in [1.29, 1.82) is 5.26 Å². The number of rotatable bonds is 5. The Balaban J connectivity index is 1.85. The van der Waals surface area contributed by atoms with Crippen LogP contribution in [0.4, 0.5) is 5.69 Å².